The molecule has 6 heterocycles. The van der Waals surface area contributed by atoms with Crippen molar-refractivity contribution in [1.82, 2.24) is 55.2 Å². The van der Waals surface area contributed by atoms with Gasteiger partial charge in [-0.2, -0.15) is 67.8 Å². The van der Waals surface area contributed by atoms with E-state index < -0.39 is 67.7 Å². The molecule has 11 rings (SSSR count). The summed E-state index contributed by atoms with van der Waals surface area (Å²) in [5.41, 5.74) is -3.23. The van der Waals surface area contributed by atoms with Crippen LogP contribution in [0.3, 0.4) is 0 Å². The second-order valence-electron chi connectivity index (χ2n) is 23.1. The van der Waals surface area contributed by atoms with Crippen LogP contribution in [0.4, 0.5) is 26.3 Å². The first kappa shape index (κ1) is 85.6. The van der Waals surface area contributed by atoms with Crippen LogP contribution < -0.4 is 30.5 Å². The van der Waals surface area contributed by atoms with Crippen LogP contribution in [0.1, 0.15) is 113 Å². The molecule has 41 heteroatoms. The van der Waals surface area contributed by atoms with Crippen LogP contribution in [0.25, 0.3) is 28.3 Å². The highest BCUT2D eigenvalue weighted by Gasteiger charge is 2.51. The van der Waals surface area contributed by atoms with Crippen molar-refractivity contribution in [2.24, 2.45) is 5.84 Å². The highest BCUT2D eigenvalue weighted by atomic mass is 35.5. The normalized spacial score (nSPS) is 14.5. The summed E-state index contributed by atoms with van der Waals surface area (Å²) in [5, 5.41) is 37.7. The van der Waals surface area contributed by atoms with Crippen molar-refractivity contribution < 1.29 is 80.7 Å². The summed E-state index contributed by atoms with van der Waals surface area (Å²) in [6.45, 7) is 10.8. The van der Waals surface area contributed by atoms with Gasteiger partial charge in [0.05, 0.1) is 44.4 Å². The number of hydrogen-bond acceptors (Lipinski definition) is 19. The molecule has 105 heavy (non-hydrogen) atoms. The number of amides is 2. The van der Waals surface area contributed by atoms with Gasteiger partial charge in [-0.15, -0.1) is 0 Å². The molecular weight excluding hydrogens is 1600 g/mol. The van der Waals surface area contributed by atoms with E-state index in [0.29, 0.717) is 54.7 Å². The van der Waals surface area contributed by atoms with E-state index in [-0.39, 0.29) is 60.8 Å². The van der Waals surface area contributed by atoms with E-state index in [2.05, 4.69) is 34.5 Å². The second kappa shape index (κ2) is 37.9. The molecular formula is C64H67BCl8F6N12O12S2. The first-order valence-electron chi connectivity index (χ1n) is 31.7. The Labute approximate surface area is 640 Å². The minimum Gasteiger partial charge on any atom is -0.461 e. The Balaban J connectivity index is 0.000000197. The molecule has 0 unspecified atom stereocenters. The standard InChI is InChI=1S/C22H21Cl3N4O.C17H17Cl2F3N4O4S.C14H11Cl2F3N2O5S.C6H6BClO2.C5H12N2/c1-14-20(22(30)27-28-11-3-2-4-12-28)26-29(19-10-9-17(24)13-18(19)25)21(14)15-5-7-16(23)8-6-15;1-10-14(15(27)24-25-7-3-2-4-8-25)23-26(13-6-5-11(18)9-12(13)19)16(10)30-31(28,29)17(20,21)22;1-3-25-13(22)11-7(2)12(26-27(23,24)14(17,18)19)21(20-11)10-5-4-8(15)6-9(10)16;8-6-3-1-5(2-4-6)7(9)10;6-7-4-2-1-3-5-7/h5-10,13H,2-4,11-12H2,1H3,(H,27,30);5-6,9H,2-4,7-8H2,1H3,(H,24,27);4-6H,3H2,1-2H3;1-4,9-10H;1-6H2. The second-order valence-corrected chi connectivity index (χ2v) is 29.6. The van der Waals surface area contributed by atoms with Crippen molar-refractivity contribution in [2.45, 2.75) is 96.5 Å². The molecule has 5 aromatic carbocycles. The van der Waals surface area contributed by atoms with Gasteiger partial charge in [0, 0.05) is 86.6 Å². The monoisotopic (exact) mass is 1660 g/mol. The highest BCUT2D eigenvalue weighted by molar-refractivity contribution is 7.88. The number of hydrazine groups is 3. The molecule has 0 radical (unpaired) electrons. The predicted octanol–water partition coefficient (Wildman–Crippen LogP) is 14.0. The molecule has 3 fully saturated rings. The van der Waals surface area contributed by atoms with Crippen LogP contribution in [0.2, 0.25) is 40.2 Å². The van der Waals surface area contributed by atoms with E-state index >= 15 is 0 Å². The van der Waals surface area contributed by atoms with E-state index in [1.165, 1.54) is 75.9 Å². The number of rotatable bonds is 15. The van der Waals surface area contributed by atoms with Crippen molar-refractivity contribution in [3.05, 3.63) is 177 Å². The molecule has 0 aliphatic carbocycles. The van der Waals surface area contributed by atoms with Crippen LogP contribution in [0.5, 0.6) is 11.8 Å². The number of alkyl halides is 6. The lowest BCUT2D eigenvalue weighted by atomic mass is 9.81. The van der Waals surface area contributed by atoms with Crippen LogP contribution in [-0.2, 0) is 25.0 Å². The fourth-order valence-corrected chi connectivity index (χ4v) is 12.9. The van der Waals surface area contributed by atoms with Gasteiger partial charge in [0.25, 0.3) is 11.8 Å². The maximum Gasteiger partial charge on any atom is 0.534 e. The summed E-state index contributed by atoms with van der Waals surface area (Å²) in [6, 6.07) is 26.8. The summed E-state index contributed by atoms with van der Waals surface area (Å²) in [4.78, 5) is 37.8. The van der Waals surface area contributed by atoms with Crippen LogP contribution in [-0.4, -0.2) is 153 Å². The van der Waals surface area contributed by atoms with Crippen LogP contribution in [0.15, 0.2) is 103 Å². The lowest BCUT2D eigenvalue weighted by Gasteiger charge is -2.26. The zero-order chi connectivity index (χ0) is 77.5. The van der Waals surface area contributed by atoms with Gasteiger partial charge in [-0.25, -0.2) is 24.5 Å². The van der Waals surface area contributed by atoms with Crippen molar-refractivity contribution in [3.8, 4) is 40.1 Å². The summed E-state index contributed by atoms with van der Waals surface area (Å²) < 4.78 is 140. The van der Waals surface area contributed by atoms with Gasteiger partial charge in [-0.3, -0.25) is 26.3 Å². The summed E-state index contributed by atoms with van der Waals surface area (Å²) in [6.07, 6.45) is 10.0. The minimum absolute atomic E-state index is 0.0291. The lowest BCUT2D eigenvalue weighted by molar-refractivity contribution is -0.0507. The number of piperidine rings is 3. The van der Waals surface area contributed by atoms with Gasteiger partial charge in [0.2, 0.25) is 11.8 Å². The number of halogens is 14. The third kappa shape index (κ3) is 23.2. The first-order valence-corrected chi connectivity index (χ1v) is 37.5. The number of carbonyl (C=O) groups excluding carboxylic acids is 3. The molecule has 3 aliphatic heterocycles. The van der Waals surface area contributed by atoms with Crippen molar-refractivity contribution in [2.75, 3.05) is 45.9 Å². The zero-order valence-electron chi connectivity index (χ0n) is 55.9. The van der Waals surface area contributed by atoms with Crippen LogP contribution >= 0.6 is 92.8 Å². The number of esters is 1. The van der Waals surface area contributed by atoms with Gasteiger partial charge < -0.3 is 23.2 Å². The number of carbonyl (C=O) groups is 3. The average Bonchev–Trinajstić information content (AvgIpc) is 1.65. The number of nitrogens with one attached hydrogen (secondary N) is 2. The molecule has 0 saturated carbocycles. The summed E-state index contributed by atoms with van der Waals surface area (Å²) in [5.74, 6) is 1.86. The molecule has 0 bridgehead atoms. The zero-order valence-corrected chi connectivity index (χ0v) is 63.6. The van der Waals surface area contributed by atoms with Crippen molar-refractivity contribution >= 4 is 143 Å². The van der Waals surface area contributed by atoms with Gasteiger partial charge in [-0.05, 0) is 151 Å². The third-order valence-electron chi connectivity index (χ3n) is 15.4. The maximum atomic E-state index is 13.1. The number of nitrogens with two attached hydrogens (primary N) is 1. The maximum absolute atomic E-state index is 13.1. The topological polar surface area (TPSA) is 301 Å². The highest BCUT2D eigenvalue weighted by Crippen LogP contribution is 2.38. The smallest absolute Gasteiger partial charge is 0.461 e. The number of nitrogens with zero attached hydrogens (tertiary/aromatic N) is 9. The molecule has 6 N–H and O–H groups in total. The van der Waals surface area contributed by atoms with Crippen molar-refractivity contribution in [3.63, 3.8) is 0 Å². The molecule has 0 spiro atoms. The Morgan fingerprint density at radius 3 is 1.18 bits per heavy atom. The van der Waals surface area contributed by atoms with Gasteiger partial charge in [-0.1, -0.05) is 136 Å². The van der Waals surface area contributed by atoms with Gasteiger partial charge in [0.1, 0.15) is 0 Å². The fourth-order valence-electron chi connectivity index (χ4n) is 10.1. The van der Waals surface area contributed by atoms with E-state index in [1.807, 2.05) is 41.2 Å². The lowest BCUT2D eigenvalue weighted by Crippen LogP contribution is -2.45. The molecule has 3 aliphatic rings. The number of benzene rings is 5. The molecule has 3 saturated heterocycles. The Kier molecular flexibility index (Phi) is 30.9. The molecule has 0 atom stereocenters. The Morgan fingerprint density at radius 2 is 0.829 bits per heavy atom. The summed E-state index contributed by atoms with van der Waals surface area (Å²) >= 11 is 47.9. The number of ether oxygens (including phenoxy) is 1. The van der Waals surface area contributed by atoms with E-state index in [4.69, 9.17) is 113 Å². The number of hydrogen-bond donors (Lipinski definition) is 5. The van der Waals surface area contributed by atoms with E-state index in [1.54, 1.807) is 52.2 Å². The van der Waals surface area contributed by atoms with Gasteiger partial charge >= 0.3 is 44.3 Å². The molecule has 8 aromatic rings. The van der Waals surface area contributed by atoms with E-state index in [0.717, 1.165) is 86.7 Å². The van der Waals surface area contributed by atoms with E-state index in [9.17, 15) is 57.6 Å². The molecule has 2 amide bonds. The minimum atomic E-state index is -6.04. The molecule has 568 valence electrons. The number of aromatic nitrogens is 6. The Bertz CT molecular complexity index is 4590. The Morgan fingerprint density at radius 1 is 0.495 bits per heavy atom. The fraction of sp³-hybridized carbons (Fsp3) is 0.344. The van der Waals surface area contributed by atoms with Crippen LogP contribution in [0, 0.1) is 20.8 Å². The SMILES string of the molecule is CCOC(=O)c1nn(-c2ccc(Cl)cc2Cl)c(OS(=O)(=O)C(F)(F)F)c1C.Cc1c(C(=O)NN2CCCCC2)nn(-c2ccc(Cl)cc2Cl)c1-c1ccc(Cl)cc1.Cc1c(C(=O)NN2CCCCC2)nn(-c2ccc(Cl)cc2Cl)c1OS(=O)(=O)C(F)(F)F.NN1CCCCC1.OB(O)c1ccc(Cl)cc1. The quantitative estimate of drug-likeness (QED) is 0.0159. The molecule has 24 nitrogen and oxygen atoms in total. The first-order chi connectivity index (χ1) is 49.3. The van der Waals surface area contributed by atoms with Crippen molar-refractivity contribution in [1.29, 1.82) is 0 Å². The predicted molar refractivity (Wildman–Crippen MR) is 389 cm³/mol. The van der Waals surface area contributed by atoms with Gasteiger partial charge in [0.15, 0.2) is 17.1 Å². The third-order valence-corrected chi connectivity index (χ3v) is 19.4. The average molecular weight is 1670 g/mol. The Hall–Kier alpha value is -6.64. The summed E-state index contributed by atoms with van der Waals surface area (Å²) in [7, 11) is -13.5. The largest absolute Gasteiger partial charge is 0.534 e. The molecule has 3 aromatic heterocycles.